The Kier molecular flexibility index (Phi) is 7.29. The average Bonchev–Trinajstić information content (AvgIpc) is 2.48. The van der Waals surface area contributed by atoms with Crippen molar-refractivity contribution in [1.29, 1.82) is 0 Å². The van der Waals surface area contributed by atoms with Gasteiger partial charge in [0.15, 0.2) is 0 Å². The fourth-order valence-corrected chi connectivity index (χ4v) is 1.86. The second-order valence-corrected chi connectivity index (χ2v) is 4.86. The second-order valence-electron chi connectivity index (χ2n) is 4.86. The number of urea groups is 1. The minimum atomic E-state index is -0.384. The van der Waals surface area contributed by atoms with E-state index in [2.05, 4.69) is 12.2 Å². The van der Waals surface area contributed by atoms with Crippen molar-refractivity contribution >= 4 is 17.7 Å². The summed E-state index contributed by atoms with van der Waals surface area (Å²) in [4.78, 5) is 25.3. The third-order valence-corrected chi connectivity index (χ3v) is 3.07. The topological polar surface area (TPSA) is 58.6 Å². The van der Waals surface area contributed by atoms with Gasteiger partial charge in [-0.25, -0.2) is 9.59 Å². The Labute approximate surface area is 126 Å². The molecule has 0 spiro atoms. The summed E-state index contributed by atoms with van der Waals surface area (Å²) in [5, 5.41) is 2.79. The lowest BCUT2D eigenvalue weighted by Crippen LogP contribution is -2.32. The molecule has 21 heavy (non-hydrogen) atoms. The van der Waals surface area contributed by atoms with Gasteiger partial charge < -0.3 is 15.0 Å². The summed E-state index contributed by atoms with van der Waals surface area (Å²) in [6, 6.07) is 6.58. The predicted octanol–water partition coefficient (Wildman–Crippen LogP) is 3.52. The summed E-state index contributed by atoms with van der Waals surface area (Å²) in [6.45, 7) is 4.93. The van der Waals surface area contributed by atoms with Crippen LogP contribution in [0, 0.1) is 0 Å². The van der Waals surface area contributed by atoms with Gasteiger partial charge in [0.25, 0.3) is 0 Å². The van der Waals surface area contributed by atoms with Gasteiger partial charge in [0.1, 0.15) is 0 Å². The van der Waals surface area contributed by atoms with Gasteiger partial charge in [0, 0.05) is 19.3 Å². The molecule has 0 unspecified atom stereocenters. The van der Waals surface area contributed by atoms with Crippen molar-refractivity contribution in [3.8, 4) is 0 Å². The zero-order chi connectivity index (χ0) is 15.7. The van der Waals surface area contributed by atoms with Crippen molar-refractivity contribution in [2.24, 2.45) is 0 Å². The summed E-state index contributed by atoms with van der Waals surface area (Å²) in [5.74, 6) is -0.384. The monoisotopic (exact) mass is 292 g/mol. The third kappa shape index (κ3) is 5.85. The highest BCUT2D eigenvalue weighted by molar-refractivity contribution is 5.93. The molecule has 0 aliphatic carbocycles. The molecule has 2 amide bonds. The number of rotatable bonds is 7. The maximum Gasteiger partial charge on any atom is 0.338 e. The number of benzene rings is 1. The van der Waals surface area contributed by atoms with Crippen LogP contribution < -0.4 is 5.32 Å². The first-order valence-electron chi connectivity index (χ1n) is 7.37. The van der Waals surface area contributed by atoms with E-state index < -0.39 is 0 Å². The quantitative estimate of drug-likeness (QED) is 0.618. The molecular formula is C16H24N2O3. The Morgan fingerprint density at radius 3 is 2.67 bits per heavy atom. The molecule has 0 radical (unpaired) electrons. The molecule has 0 saturated heterocycles. The summed E-state index contributed by atoms with van der Waals surface area (Å²) >= 11 is 0. The van der Waals surface area contributed by atoms with E-state index in [-0.39, 0.29) is 12.0 Å². The van der Waals surface area contributed by atoms with Crippen LogP contribution >= 0.6 is 0 Å². The molecule has 5 heteroatoms. The molecule has 0 saturated carbocycles. The molecule has 0 aromatic heterocycles. The van der Waals surface area contributed by atoms with E-state index in [9.17, 15) is 9.59 Å². The lowest BCUT2D eigenvalue weighted by atomic mass is 10.2. The fraction of sp³-hybridized carbons (Fsp3) is 0.500. The molecule has 116 valence electrons. The van der Waals surface area contributed by atoms with E-state index in [1.54, 1.807) is 43.1 Å². The molecule has 0 atom stereocenters. The highest BCUT2D eigenvalue weighted by atomic mass is 16.5. The number of esters is 1. The van der Waals surface area contributed by atoms with E-state index in [0.717, 1.165) is 25.8 Å². The van der Waals surface area contributed by atoms with Crippen LogP contribution in [0.25, 0.3) is 0 Å². The molecule has 0 aliphatic heterocycles. The van der Waals surface area contributed by atoms with Crippen LogP contribution in [0.4, 0.5) is 10.5 Å². The maximum absolute atomic E-state index is 12.0. The molecule has 0 bridgehead atoms. The molecule has 0 heterocycles. The van der Waals surface area contributed by atoms with E-state index >= 15 is 0 Å². The van der Waals surface area contributed by atoms with Crippen molar-refractivity contribution in [3.05, 3.63) is 29.8 Å². The summed E-state index contributed by atoms with van der Waals surface area (Å²) in [7, 11) is 1.76. The van der Waals surface area contributed by atoms with Crippen LogP contribution in [0.3, 0.4) is 0 Å². The van der Waals surface area contributed by atoms with Crippen LogP contribution in [0.1, 0.15) is 43.5 Å². The number of carbonyl (C=O) groups is 2. The minimum absolute atomic E-state index is 0.174. The van der Waals surface area contributed by atoms with Crippen LogP contribution in [0.5, 0.6) is 0 Å². The number of anilines is 1. The molecule has 1 rings (SSSR count). The van der Waals surface area contributed by atoms with Gasteiger partial charge in [0.2, 0.25) is 0 Å². The smallest absolute Gasteiger partial charge is 0.338 e. The summed E-state index contributed by atoms with van der Waals surface area (Å²) < 4.78 is 4.94. The number of hydrogen-bond donors (Lipinski definition) is 1. The Hall–Kier alpha value is -2.04. The van der Waals surface area contributed by atoms with Crippen molar-refractivity contribution < 1.29 is 14.3 Å². The first-order valence-corrected chi connectivity index (χ1v) is 7.37. The first-order chi connectivity index (χ1) is 10.1. The Bertz CT molecular complexity index is 474. The van der Waals surface area contributed by atoms with Gasteiger partial charge in [0.05, 0.1) is 12.2 Å². The number of ether oxygens (including phenoxy) is 1. The average molecular weight is 292 g/mol. The maximum atomic E-state index is 12.0. The highest BCUT2D eigenvalue weighted by Gasteiger charge is 2.11. The zero-order valence-electron chi connectivity index (χ0n) is 13.0. The zero-order valence-corrected chi connectivity index (χ0v) is 13.0. The number of amides is 2. The van der Waals surface area contributed by atoms with E-state index in [0.29, 0.717) is 17.9 Å². The lowest BCUT2D eigenvalue weighted by molar-refractivity contribution is 0.0526. The minimum Gasteiger partial charge on any atom is -0.462 e. The normalized spacial score (nSPS) is 10.0. The molecule has 1 N–H and O–H groups in total. The van der Waals surface area contributed by atoms with E-state index in [4.69, 9.17) is 4.74 Å². The number of hydrogen-bond acceptors (Lipinski definition) is 3. The van der Waals surface area contributed by atoms with Gasteiger partial charge in [-0.2, -0.15) is 0 Å². The number of nitrogens with zero attached hydrogens (tertiary/aromatic N) is 1. The second kappa shape index (κ2) is 9.00. The number of carbonyl (C=O) groups excluding carboxylic acids is 2. The van der Waals surface area contributed by atoms with Crippen LogP contribution in [-0.4, -0.2) is 37.1 Å². The van der Waals surface area contributed by atoms with Crippen molar-refractivity contribution in [2.45, 2.75) is 33.1 Å². The largest absolute Gasteiger partial charge is 0.462 e. The van der Waals surface area contributed by atoms with Gasteiger partial charge in [-0.15, -0.1) is 0 Å². The molecule has 1 aromatic carbocycles. The summed E-state index contributed by atoms with van der Waals surface area (Å²) in [6.07, 6.45) is 3.22. The SMILES string of the molecule is CCCCCN(C)C(=O)Nc1cccc(C(=O)OCC)c1. The molecule has 1 aromatic rings. The molecule has 0 aliphatic rings. The Morgan fingerprint density at radius 2 is 2.00 bits per heavy atom. The lowest BCUT2D eigenvalue weighted by Gasteiger charge is -2.18. The van der Waals surface area contributed by atoms with Gasteiger partial charge in [-0.3, -0.25) is 0 Å². The summed E-state index contributed by atoms with van der Waals surface area (Å²) in [5.41, 5.74) is 1.02. The van der Waals surface area contributed by atoms with Gasteiger partial charge in [-0.05, 0) is 31.5 Å². The van der Waals surface area contributed by atoms with Crippen LogP contribution in [0.15, 0.2) is 24.3 Å². The Balaban J connectivity index is 2.59. The van der Waals surface area contributed by atoms with Crippen molar-refractivity contribution in [3.63, 3.8) is 0 Å². The van der Waals surface area contributed by atoms with Crippen molar-refractivity contribution in [1.82, 2.24) is 4.90 Å². The number of nitrogens with one attached hydrogen (secondary N) is 1. The van der Waals surface area contributed by atoms with Crippen molar-refractivity contribution in [2.75, 3.05) is 25.5 Å². The van der Waals surface area contributed by atoms with Gasteiger partial charge in [-0.1, -0.05) is 25.8 Å². The van der Waals surface area contributed by atoms with Gasteiger partial charge >= 0.3 is 12.0 Å². The molecule has 0 fully saturated rings. The third-order valence-electron chi connectivity index (χ3n) is 3.07. The first kappa shape index (κ1) is 17.0. The van der Waals surface area contributed by atoms with E-state index in [1.165, 1.54) is 0 Å². The molecule has 5 nitrogen and oxygen atoms in total. The predicted molar refractivity (Wildman–Crippen MR) is 83.6 cm³/mol. The molecular weight excluding hydrogens is 268 g/mol. The number of unbranched alkanes of at least 4 members (excludes halogenated alkanes) is 2. The highest BCUT2D eigenvalue weighted by Crippen LogP contribution is 2.12. The fourth-order valence-electron chi connectivity index (χ4n) is 1.86. The van der Waals surface area contributed by atoms with Crippen LogP contribution in [-0.2, 0) is 4.74 Å². The van der Waals surface area contributed by atoms with Crippen LogP contribution in [0.2, 0.25) is 0 Å². The van der Waals surface area contributed by atoms with E-state index in [1.807, 2.05) is 0 Å². The Morgan fingerprint density at radius 1 is 1.24 bits per heavy atom. The standard InChI is InChI=1S/C16H24N2O3/c1-4-6-7-11-18(3)16(20)17-14-10-8-9-13(12-14)15(19)21-5-2/h8-10,12H,4-7,11H2,1-3H3,(H,17,20).